The van der Waals surface area contributed by atoms with Crippen molar-refractivity contribution in [3.63, 3.8) is 0 Å². The van der Waals surface area contributed by atoms with Crippen LogP contribution in [-0.4, -0.2) is 36.5 Å². The van der Waals surface area contributed by atoms with E-state index >= 15 is 0 Å². The number of rotatable bonds is 1. The molecule has 6 heteroatoms. The summed E-state index contributed by atoms with van der Waals surface area (Å²) in [5.74, 6) is 0.0661. The van der Waals surface area contributed by atoms with E-state index in [0.717, 1.165) is 24.1 Å². The predicted molar refractivity (Wildman–Crippen MR) is 79.8 cm³/mol. The molecule has 1 aliphatic rings. The molecular formula is C12H15BrCl2N2O. The van der Waals surface area contributed by atoms with E-state index < -0.39 is 0 Å². The van der Waals surface area contributed by atoms with Gasteiger partial charge in [0.05, 0.1) is 5.02 Å². The zero-order valence-corrected chi connectivity index (χ0v) is 13.1. The van der Waals surface area contributed by atoms with E-state index in [1.165, 1.54) is 0 Å². The molecule has 0 aliphatic carbocycles. The van der Waals surface area contributed by atoms with Crippen LogP contribution >= 0.6 is 39.9 Å². The van der Waals surface area contributed by atoms with Gasteiger partial charge in [-0.1, -0.05) is 11.6 Å². The first-order valence-corrected chi connectivity index (χ1v) is 6.73. The van der Waals surface area contributed by atoms with Crippen molar-refractivity contribution in [3.8, 4) is 0 Å². The van der Waals surface area contributed by atoms with Gasteiger partial charge in [-0.3, -0.25) is 4.79 Å². The van der Waals surface area contributed by atoms with Crippen LogP contribution in [0.25, 0.3) is 0 Å². The van der Waals surface area contributed by atoms with Crippen LogP contribution in [0.3, 0.4) is 0 Å². The van der Waals surface area contributed by atoms with Crippen molar-refractivity contribution in [3.05, 3.63) is 33.3 Å². The SMILES string of the molecule is C[C@H]1CNCCN1C(=O)c1ccc(Cl)c(Br)c1.Cl. The average Bonchev–Trinajstić information content (AvgIpc) is 2.32. The number of carbonyl (C=O) groups excluding carboxylic acids is 1. The molecule has 1 amide bonds. The number of hydrogen-bond donors (Lipinski definition) is 1. The van der Waals surface area contributed by atoms with E-state index in [0.29, 0.717) is 10.6 Å². The molecule has 3 nitrogen and oxygen atoms in total. The van der Waals surface area contributed by atoms with Crippen molar-refractivity contribution < 1.29 is 4.79 Å². The molecule has 100 valence electrons. The molecule has 1 heterocycles. The summed E-state index contributed by atoms with van der Waals surface area (Å²) in [7, 11) is 0. The summed E-state index contributed by atoms with van der Waals surface area (Å²) in [6.07, 6.45) is 0. The maximum atomic E-state index is 12.3. The Balaban J connectivity index is 0.00000162. The molecule has 1 aromatic carbocycles. The molecule has 1 atom stereocenters. The van der Waals surface area contributed by atoms with Crippen molar-refractivity contribution in [1.29, 1.82) is 0 Å². The van der Waals surface area contributed by atoms with E-state index in [-0.39, 0.29) is 24.4 Å². The van der Waals surface area contributed by atoms with Gasteiger partial charge in [0.15, 0.2) is 0 Å². The molecule has 0 saturated carbocycles. The van der Waals surface area contributed by atoms with E-state index in [4.69, 9.17) is 11.6 Å². The Morgan fingerprint density at radius 3 is 2.89 bits per heavy atom. The second kappa shape index (κ2) is 6.75. The molecule has 0 aromatic heterocycles. The van der Waals surface area contributed by atoms with Gasteiger partial charge in [-0.25, -0.2) is 0 Å². The normalized spacial score (nSPS) is 19.3. The minimum absolute atomic E-state index is 0. The van der Waals surface area contributed by atoms with Gasteiger partial charge in [0, 0.05) is 35.7 Å². The fourth-order valence-electron chi connectivity index (χ4n) is 1.94. The largest absolute Gasteiger partial charge is 0.333 e. The third-order valence-electron chi connectivity index (χ3n) is 2.93. The zero-order valence-electron chi connectivity index (χ0n) is 9.95. The quantitative estimate of drug-likeness (QED) is 0.841. The van der Waals surface area contributed by atoms with Crippen molar-refractivity contribution in [2.24, 2.45) is 0 Å². The monoisotopic (exact) mass is 352 g/mol. The first kappa shape index (κ1) is 15.8. The van der Waals surface area contributed by atoms with Crippen LogP contribution in [-0.2, 0) is 0 Å². The van der Waals surface area contributed by atoms with Crippen LogP contribution in [0.4, 0.5) is 0 Å². The summed E-state index contributed by atoms with van der Waals surface area (Å²) in [6, 6.07) is 5.51. The van der Waals surface area contributed by atoms with Crippen LogP contribution in [0.5, 0.6) is 0 Å². The molecule has 1 fully saturated rings. The Morgan fingerprint density at radius 2 is 2.28 bits per heavy atom. The van der Waals surface area contributed by atoms with Crippen LogP contribution < -0.4 is 5.32 Å². The fraction of sp³-hybridized carbons (Fsp3) is 0.417. The summed E-state index contributed by atoms with van der Waals surface area (Å²) < 4.78 is 0.757. The molecule has 1 saturated heterocycles. The van der Waals surface area contributed by atoms with Crippen LogP contribution in [0, 0.1) is 0 Å². The smallest absolute Gasteiger partial charge is 0.254 e. The third-order valence-corrected chi connectivity index (χ3v) is 4.14. The maximum Gasteiger partial charge on any atom is 0.254 e. The average molecular weight is 354 g/mol. The molecule has 18 heavy (non-hydrogen) atoms. The Hall–Kier alpha value is -0.290. The van der Waals surface area contributed by atoms with Crippen molar-refractivity contribution >= 4 is 45.8 Å². The van der Waals surface area contributed by atoms with Gasteiger partial charge in [0.25, 0.3) is 5.91 Å². The highest BCUT2D eigenvalue weighted by Crippen LogP contribution is 2.24. The molecule has 0 unspecified atom stereocenters. The summed E-state index contributed by atoms with van der Waals surface area (Å²) in [4.78, 5) is 14.2. The first-order chi connectivity index (χ1) is 8.09. The second-order valence-electron chi connectivity index (χ2n) is 4.18. The lowest BCUT2D eigenvalue weighted by Gasteiger charge is -2.34. The second-order valence-corrected chi connectivity index (χ2v) is 5.44. The van der Waals surface area contributed by atoms with E-state index in [2.05, 4.69) is 28.2 Å². The Labute approximate surface area is 126 Å². The number of hydrogen-bond acceptors (Lipinski definition) is 2. The zero-order chi connectivity index (χ0) is 12.4. The Morgan fingerprint density at radius 1 is 1.56 bits per heavy atom. The topological polar surface area (TPSA) is 32.3 Å². The number of benzene rings is 1. The van der Waals surface area contributed by atoms with Crippen molar-refractivity contribution in [1.82, 2.24) is 10.2 Å². The van der Waals surface area contributed by atoms with Crippen LogP contribution in [0.2, 0.25) is 5.02 Å². The summed E-state index contributed by atoms with van der Waals surface area (Å²) in [5.41, 5.74) is 0.676. The molecule has 0 spiro atoms. The number of piperazine rings is 1. The minimum Gasteiger partial charge on any atom is -0.333 e. The Bertz CT molecular complexity index is 442. The van der Waals surface area contributed by atoms with Crippen LogP contribution in [0.1, 0.15) is 17.3 Å². The van der Waals surface area contributed by atoms with Gasteiger partial charge < -0.3 is 10.2 Å². The van der Waals surface area contributed by atoms with E-state index in [1.807, 2.05) is 4.90 Å². The molecule has 1 aliphatic heterocycles. The number of nitrogens with zero attached hydrogens (tertiary/aromatic N) is 1. The number of amides is 1. The lowest BCUT2D eigenvalue weighted by Crippen LogP contribution is -2.52. The van der Waals surface area contributed by atoms with E-state index in [1.54, 1.807) is 18.2 Å². The molecule has 2 rings (SSSR count). The van der Waals surface area contributed by atoms with Gasteiger partial charge in [-0.15, -0.1) is 12.4 Å². The van der Waals surface area contributed by atoms with Gasteiger partial charge in [-0.05, 0) is 41.1 Å². The summed E-state index contributed by atoms with van der Waals surface area (Å²) >= 11 is 9.26. The highest BCUT2D eigenvalue weighted by molar-refractivity contribution is 9.10. The lowest BCUT2D eigenvalue weighted by molar-refractivity contribution is 0.0655. The van der Waals surface area contributed by atoms with Gasteiger partial charge in [0.2, 0.25) is 0 Å². The standard InChI is InChI=1S/C12H14BrClN2O.ClH/c1-8-7-15-4-5-16(8)12(17)9-2-3-11(14)10(13)6-9;/h2-3,6,8,15H,4-5,7H2,1H3;1H/t8-;/m0./s1. The number of halogens is 3. The number of nitrogens with one attached hydrogen (secondary N) is 1. The molecule has 1 N–H and O–H groups in total. The fourth-order valence-corrected chi connectivity index (χ4v) is 2.43. The number of carbonyl (C=O) groups is 1. The summed E-state index contributed by atoms with van der Waals surface area (Å²) in [5, 5.41) is 3.89. The molecular weight excluding hydrogens is 339 g/mol. The third kappa shape index (κ3) is 3.38. The van der Waals surface area contributed by atoms with Gasteiger partial charge >= 0.3 is 0 Å². The molecule has 1 aromatic rings. The molecule has 0 radical (unpaired) electrons. The predicted octanol–water partition coefficient (Wildman–Crippen LogP) is 2.96. The highest BCUT2D eigenvalue weighted by atomic mass is 79.9. The van der Waals surface area contributed by atoms with Gasteiger partial charge in [-0.2, -0.15) is 0 Å². The highest BCUT2D eigenvalue weighted by Gasteiger charge is 2.24. The van der Waals surface area contributed by atoms with Gasteiger partial charge in [0.1, 0.15) is 0 Å². The summed E-state index contributed by atoms with van der Waals surface area (Å²) in [6.45, 7) is 4.50. The lowest BCUT2D eigenvalue weighted by atomic mass is 10.1. The van der Waals surface area contributed by atoms with Crippen molar-refractivity contribution in [2.75, 3.05) is 19.6 Å². The first-order valence-electron chi connectivity index (χ1n) is 5.56. The van der Waals surface area contributed by atoms with Crippen molar-refractivity contribution in [2.45, 2.75) is 13.0 Å². The maximum absolute atomic E-state index is 12.3. The minimum atomic E-state index is 0. The molecule has 0 bridgehead atoms. The van der Waals surface area contributed by atoms with Crippen LogP contribution in [0.15, 0.2) is 22.7 Å². The van der Waals surface area contributed by atoms with E-state index in [9.17, 15) is 4.79 Å². The Kier molecular flexibility index (Phi) is 5.92.